The number of carbonyl (C=O) groups is 1. The molecule has 5 heteroatoms. The monoisotopic (exact) mass is 389 g/mol. The highest BCUT2D eigenvalue weighted by molar-refractivity contribution is 5.92. The summed E-state index contributed by atoms with van der Waals surface area (Å²) in [6.45, 7) is 6.17. The second-order valence-electron chi connectivity index (χ2n) is 8.06. The summed E-state index contributed by atoms with van der Waals surface area (Å²) >= 11 is 0. The molecule has 2 aliphatic rings. The molecule has 0 aliphatic carbocycles. The SMILES string of the molecule is O=C(c1ccc(CN2CCCC2)o1)N1CCN(c2ccc3ccccc3c2)CC1. The number of fused-ring (bicyclic) bond motifs is 1. The summed E-state index contributed by atoms with van der Waals surface area (Å²) in [5.41, 5.74) is 1.22. The van der Waals surface area contributed by atoms with Crippen molar-refractivity contribution in [2.75, 3.05) is 44.2 Å². The maximum atomic E-state index is 12.9. The lowest BCUT2D eigenvalue weighted by Gasteiger charge is -2.35. The molecule has 5 rings (SSSR count). The number of hydrogen-bond donors (Lipinski definition) is 0. The van der Waals surface area contributed by atoms with E-state index in [0.29, 0.717) is 18.8 Å². The number of likely N-dealkylation sites (tertiary alicyclic amines) is 1. The van der Waals surface area contributed by atoms with Gasteiger partial charge >= 0.3 is 0 Å². The molecule has 2 fully saturated rings. The second kappa shape index (κ2) is 7.91. The fourth-order valence-electron chi connectivity index (χ4n) is 4.44. The zero-order valence-electron chi connectivity index (χ0n) is 16.7. The van der Waals surface area contributed by atoms with Crippen molar-refractivity contribution >= 4 is 22.4 Å². The highest BCUT2D eigenvalue weighted by Gasteiger charge is 2.25. The van der Waals surface area contributed by atoms with Crippen molar-refractivity contribution in [3.05, 3.63) is 66.1 Å². The first kappa shape index (κ1) is 18.3. The molecule has 0 unspecified atom stereocenters. The van der Waals surface area contributed by atoms with Crippen LogP contribution < -0.4 is 4.90 Å². The van der Waals surface area contributed by atoms with Crippen LogP contribution in [0.1, 0.15) is 29.2 Å². The molecule has 3 heterocycles. The summed E-state index contributed by atoms with van der Waals surface area (Å²) in [7, 11) is 0. The van der Waals surface area contributed by atoms with Crippen LogP contribution in [0.25, 0.3) is 10.8 Å². The van der Waals surface area contributed by atoms with Crippen LogP contribution in [0.4, 0.5) is 5.69 Å². The maximum absolute atomic E-state index is 12.9. The lowest BCUT2D eigenvalue weighted by molar-refractivity contribution is 0.0711. The van der Waals surface area contributed by atoms with Gasteiger partial charge in [0.2, 0.25) is 0 Å². The van der Waals surface area contributed by atoms with Crippen LogP contribution in [0.15, 0.2) is 59.0 Å². The van der Waals surface area contributed by atoms with Gasteiger partial charge in [-0.15, -0.1) is 0 Å². The summed E-state index contributed by atoms with van der Waals surface area (Å²) in [6.07, 6.45) is 2.52. The summed E-state index contributed by atoms with van der Waals surface area (Å²) in [4.78, 5) is 19.5. The van der Waals surface area contributed by atoms with Crippen molar-refractivity contribution in [2.45, 2.75) is 19.4 Å². The molecule has 1 amide bonds. The van der Waals surface area contributed by atoms with E-state index in [9.17, 15) is 4.79 Å². The van der Waals surface area contributed by atoms with E-state index in [2.05, 4.69) is 52.3 Å². The standard InChI is InChI=1S/C24H27N3O2/c28-24(23-10-9-22(29-23)18-25-11-3-4-12-25)27-15-13-26(14-16-27)21-8-7-19-5-1-2-6-20(19)17-21/h1-2,5-10,17H,3-4,11-16,18H2. The molecule has 0 saturated carbocycles. The third-order valence-electron chi connectivity index (χ3n) is 6.12. The number of piperazine rings is 1. The molecule has 1 aromatic heterocycles. The molecular weight excluding hydrogens is 362 g/mol. The number of furan rings is 1. The van der Waals surface area contributed by atoms with Crippen molar-refractivity contribution in [1.29, 1.82) is 0 Å². The minimum Gasteiger partial charge on any atom is -0.455 e. The molecule has 2 saturated heterocycles. The van der Waals surface area contributed by atoms with Gasteiger partial charge < -0.3 is 14.2 Å². The first-order valence-corrected chi connectivity index (χ1v) is 10.6. The maximum Gasteiger partial charge on any atom is 0.289 e. The number of amides is 1. The van der Waals surface area contributed by atoms with Gasteiger partial charge in [-0.05, 0) is 61.0 Å². The molecule has 0 spiro atoms. The quantitative estimate of drug-likeness (QED) is 0.676. The lowest BCUT2D eigenvalue weighted by Crippen LogP contribution is -2.48. The highest BCUT2D eigenvalue weighted by atomic mass is 16.4. The largest absolute Gasteiger partial charge is 0.455 e. The summed E-state index contributed by atoms with van der Waals surface area (Å²) in [5, 5.41) is 2.51. The van der Waals surface area contributed by atoms with E-state index in [-0.39, 0.29) is 5.91 Å². The smallest absolute Gasteiger partial charge is 0.289 e. The Balaban J connectivity index is 1.20. The van der Waals surface area contributed by atoms with Gasteiger partial charge in [0, 0.05) is 31.9 Å². The Bertz CT molecular complexity index is 998. The predicted octanol–water partition coefficient (Wildman–Crippen LogP) is 3.99. The van der Waals surface area contributed by atoms with Gasteiger partial charge in [0.1, 0.15) is 5.76 Å². The van der Waals surface area contributed by atoms with Crippen LogP contribution >= 0.6 is 0 Å². The van der Waals surface area contributed by atoms with Crippen LogP contribution in [0.3, 0.4) is 0 Å². The van der Waals surface area contributed by atoms with Gasteiger partial charge in [0.15, 0.2) is 5.76 Å². The summed E-state index contributed by atoms with van der Waals surface area (Å²) < 4.78 is 5.87. The minimum atomic E-state index is 0.0100. The van der Waals surface area contributed by atoms with Crippen LogP contribution in [0.5, 0.6) is 0 Å². The fourth-order valence-corrected chi connectivity index (χ4v) is 4.44. The minimum absolute atomic E-state index is 0.0100. The van der Waals surface area contributed by atoms with Crippen LogP contribution in [0, 0.1) is 0 Å². The van der Waals surface area contributed by atoms with Crippen LogP contribution in [-0.4, -0.2) is 55.0 Å². The van der Waals surface area contributed by atoms with Crippen LogP contribution in [-0.2, 0) is 6.54 Å². The second-order valence-corrected chi connectivity index (χ2v) is 8.06. The van der Waals surface area contributed by atoms with E-state index in [1.807, 2.05) is 17.0 Å². The first-order valence-electron chi connectivity index (χ1n) is 10.6. The highest BCUT2D eigenvalue weighted by Crippen LogP contribution is 2.24. The Morgan fingerprint density at radius 1 is 0.828 bits per heavy atom. The Hall–Kier alpha value is -2.79. The molecule has 0 bridgehead atoms. The predicted molar refractivity (Wildman–Crippen MR) is 115 cm³/mol. The van der Waals surface area contributed by atoms with Gasteiger partial charge in [-0.2, -0.15) is 0 Å². The van der Waals surface area contributed by atoms with Gasteiger partial charge in [-0.25, -0.2) is 0 Å². The normalized spacial score (nSPS) is 17.9. The number of rotatable bonds is 4. The van der Waals surface area contributed by atoms with E-state index in [1.54, 1.807) is 0 Å². The zero-order chi connectivity index (χ0) is 19.6. The lowest BCUT2D eigenvalue weighted by atomic mass is 10.1. The topological polar surface area (TPSA) is 39.9 Å². The van der Waals surface area contributed by atoms with Gasteiger partial charge in [0.05, 0.1) is 6.54 Å². The third kappa shape index (κ3) is 3.87. The molecular formula is C24H27N3O2. The van der Waals surface area contributed by atoms with Crippen molar-refractivity contribution in [2.24, 2.45) is 0 Å². The van der Waals surface area contributed by atoms with Gasteiger partial charge in [0.25, 0.3) is 5.91 Å². The van der Waals surface area contributed by atoms with Gasteiger partial charge in [-0.3, -0.25) is 9.69 Å². The molecule has 29 heavy (non-hydrogen) atoms. The van der Waals surface area contributed by atoms with Crippen LogP contribution in [0.2, 0.25) is 0 Å². The van der Waals surface area contributed by atoms with Crippen molar-refractivity contribution in [1.82, 2.24) is 9.80 Å². The van der Waals surface area contributed by atoms with Crippen molar-refractivity contribution < 1.29 is 9.21 Å². The fraction of sp³-hybridized carbons (Fsp3) is 0.375. The molecule has 2 aliphatic heterocycles. The molecule has 2 aromatic carbocycles. The number of nitrogens with zero attached hydrogens (tertiary/aromatic N) is 3. The summed E-state index contributed by atoms with van der Waals surface area (Å²) in [5.74, 6) is 1.37. The van der Waals surface area contributed by atoms with E-state index in [1.165, 1.54) is 29.3 Å². The van der Waals surface area contributed by atoms with Crippen molar-refractivity contribution in [3.8, 4) is 0 Å². The van der Waals surface area contributed by atoms with E-state index < -0.39 is 0 Å². The number of carbonyl (C=O) groups excluding carboxylic acids is 1. The average molecular weight is 389 g/mol. The molecule has 150 valence electrons. The first-order chi connectivity index (χ1) is 14.3. The number of hydrogen-bond acceptors (Lipinski definition) is 4. The molecule has 0 N–H and O–H groups in total. The Morgan fingerprint density at radius 3 is 2.38 bits per heavy atom. The zero-order valence-corrected chi connectivity index (χ0v) is 16.7. The third-order valence-corrected chi connectivity index (χ3v) is 6.12. The Morgan fingerprint density at radius 2 is 1.59 bits per heavy atom. The Labute approximate surface area is 171 Å². The average Bonchev–Trinajstić information content (AvgIpc) is 3.46. The summed E-state index contributed by atoms with van der Waals surface area (Å²) in [6, 6.07) is 18.8. The molecule has 0 radical (unpaired) electrons. The molecule has 3 aromatic rings. The number of anilines is 1. The number of benzene rings is 2. The Kier molecular flexibility index (Phi) is 4.98. The molecule has 5 nitrogen and oxygen atoms in total. The van der Waals surface area contributed by atoms with E-state index >= 15 is 0 Å². The van der Waals surface area contributed by atoms with Gasteiger partial charge in [-0.1, -0.05) is 30.3 Å². The van der Waals surface area contributed by atoms with E-state index in [0.717, 1.165) is 38.5 Å². The van der Waals surface area contributed by atoms with Crippen molar-refractivity contribution in [3.63, 3.8) is 0 Å². The van der Waals surface area contributed by atoms with E-state index in [4.69, 9.17) is 4.42 Å². The molecule has 0 atom stereocenters.